The second kappa shape index (κ2) is 6.58. The van der Waals surface area contributed by atoms with Crippen molar-refractivity contribution < 1.29 is 5.11 Å². The fourth-order valence-electron chi connectivity index (χ4n) is 1.59. The first-order valence-electron chi connectivity index (χ1n) is 5.64. The van der Waals surface area contributed by atoms with Crippen LogP contribution in [-0.2, 0) is 13.1 Å². The van der Waals surface area contributed by atoms with Crippen LogP contribution in [0.2, 0.25) is 0 Å². The Labute approximate surface area is 91.5 Å². The zero-order valence-electron chi connectivity index (χ0n) is 9.69. The zero-order chi connectivity index (χ0) is 11.1. The summed E-state index contributed by atoms with van der Waals surface area (Å²) in [4.78, 5) is 2.20. The monoisotopic (exact) mass is 211 g/mol. The van der Waals surface area contributed by atoms with Gasteiger partial charge in [-0.05, 0) is 13.0 Å². The molecule has 0 aliphatic heterocycles. The van der Waals surface area contributed by atoms with Crippen molar-refractivity contribution in [3.63, 3.8) is 0 Å². The molecule has 4 heteroatoms. The van der Waals surface area contributed by atoms with Crippen LogP contribution >= 0.6 is 0 Å². The molecule has 0 saturated carbocycles. The molecule has 0 amide bonds. The van der Waals surface area contributed by atoms with E-state index in [0.717, 1.165) is 32.6 Å². The Morgan fingerprint density at radius 2 is 2.27 bits per heavy atom. The van der Waals surface area contributed by atoms with E-state index in [-0.39, 0.29) is 6.61 Å². The van der Waals surface area contributed by atoms with Crippen LogP contribution in [0.15, 0.2) is 12.4 Å². The van der Waals surface area contributed by atoms with Gasteiger partial charge < -0.3 is 5.11 Å². The lowest BCUT2D eigenvalue weighted by atomic mass is 10.3. The third-order valence-corrected chi connectivity index (χ3v) is 2.41. The number of nitrogens with zero attached hydrogens (tertiary/aromatic N) is 3. The standard InChI is InChI=1S/C11H21N3O/c1-3-5-14-10-11(8-12-14)9-13(4-2)6-7-15/h8,10,15H,3-7,9H2,1-2H3. The highest BCUT2D eigenvalue weighted by molar-refractivity contribution is 5.03. The van der Waals surface area contributed by atoms with Gasteiger partial charge in [-0.3, -0.25) is 9.58 Å². The molecule has 15 heavy (non-hydrogen) atoms. The van der Waals surface area contributed by atoms with Gasteiger partial charge in [0.1, 0.15) is 0 Å². The lowest BCUT2D eigenvalue weighted by Gasteiger charge is -2.17. The van der Waals surface area contributed by atoms with Crippen LogP contribution < -0.4 is 0 Å². The second-order valence-corrected chi connectivity index (χ2v) is 3.70. The molecule has 0 aliphatic carbocycles. The smallest absolute Gasteiger partial charge is 0.0558 e. The lowest BCUT2D eigenvalue weighted by molar-refractivity contribution is 0.197. The van der Waals surface area contributed by atoms with Gasteiger partial charge in [0.25, 0.3) is 0 Å². The van der Waals surface area contributed by atoms with Crippen LogP contribution in [0.3, 0.4) is 0 Å². The third-order valence-electron chi connectivity index (χ3n) is 2.41. The fraction of sp³-hybridized carbons (Fsp3) is 0.727. The maximum Gasteiger partial charge on any atom is 0.0558 e. The van der Waals surface area contributed by atoms with Gasteiger partial charge in [-0.2, -0.15) is 5.10 Å². The summed E-state index contributed by atoms with van der Waals surface area (Å²) in [7, 11) is 0. The molecule has 0 fully saturated rings. The average molecular weight is 211 g/mol. The van der Waals surface area contributed by atoms with Crippen molar-refractivity contribution in [1.29, 1.82) is 0 Å². The van der Waals surface area contributed by atoms with Gasteiger partial charge >= 0.3 is 0 Å². The lowest BCUT2D eigenvalue weighted by Crippen LogP contribution is -2.25. The van der Waals surface area contributed by atoms with E-state index in [4.69, 9.17) is 5.11 Å². The quantitative estimate of drug-likeness (QED) is 0.734. The molecule has 1 aromatic rings. The SMILES string of the molecule is CCCn1cc(CN(CC)CCO)cn1. The number of aliphatic hydroxyl groups is 1. The zero-order valence-corrected chi connectivity index (χ0v) is 9.69. The van der Waals surface area contributed by atoms with Crippen molar-refractivity contribution in [2.45, 2.75) is 33.4 Å². The first-order chi connectivity index (χ1) is 7.30. The van der Waals surface area contributed by atoms with Gasteiger partial charge in [-0.15, -0.1) is 0 Å². The minimum atomic E-state index is 0.219. The number of rotatable bonds is 7. The van der Waals surface area contributed by atoms with Gasteiger partial charge in [-0.25, -0.2) is 0 Å². The summed E-state index contributed by atoms with van der Waals surface area (Å²) in [5.74, 6) is 0. The Morgan fingerprint density at radius 3 is 2.87 bits per heavy atom. The molecule has 0 aromatic carbocycles. The molecule has 0 aliphatic rings. The minimum Gasteiger partial charge on any atom is -0.395 e. The third kappa shape index (κ3) is 4.01. The molecule has 4 nitrogen and oxygen atoms in total. The summed E-state index contributed by atoms with van der Waals surface area (Å²) in [5.41, 5.74) is 1.22. The summed E-state index contributed by atoms with van der Waals surface area (Å²) in [6.45, 7) is 8.01. The fourth-order valence-corrected chi connectivity index (χ4v) is 1.59. The minimum absolute atomic E-state index is 0.219. The van der Waals surface area contributed by atoms with Crippen LogP contribution in [0.4, 0.5) is 0 Å². The molecule has 0 bridgehead atoms. The van der Waals surface area contributed by atoms with Gasteiger partial charge in [0.15, 0.2) is 0 Å². The van der Waals surface area contributed by atoms with Gasteiger partial charge in [0, 0.05) is 31.4 Å². The maximum atomic E-state index is 8.87. The maximum absolute atomic E-state index is 8.87. The molecule has 0 saturated heterocycles. The number of hydrogen-bond donors (Lipinski definition) is 1. The number of aliphatic hydroxyl groups excluding tert-OH is 1. The van der Waals surface area contributed by atoms with E-state index in [0.29, 0.717) is 0 Å². The molecule has 0 atom stereocenters. The van der Waals surface area contributed by atoms with Crippen molar-refractivity contribution >= 4 is 0 Å². The van der Waals surface area contributed by atoms with Crippen molar-refractivity contribution in [2.75, 3.05) is 19.7 Å². The Morgan fingerprint density at radius 1 is 1.47 bits per heavy atom. The van der Waals surface area contributed by atoms with E-state index in [1.165, 1.54) is 5.56 Å². The predicted molar refractivity (Wildman–Crippen MR) is 60.6 cm³/mol. The summed E-state index contributed by atoms with van der Waals surface area (Å²) in [6.07, 6.45) is 5.11. The molecule has 1 aromatic heterocycles. The average Bonchev–Trinajstić information content (AvgIpc) is 2.66. The van der Waals surface area contributed by atoms with Crippen LogP contribution in [-0.4, -0.2) is 39.5 Å². The largest absolute Gasteiger partial charge is 0.395 e. The first kappa shape index (κ1) is 12.2. The second-order valence-electron chi connectivity index (χ2n) is 3.70. The molecule has 1 N–H and O–H groups in total. The molecule has 86 valence electrons. The van der Waals surface area contributed by atoms with E-state index in [9.17, 15) is 0 Å². The molecular weight excluding hydrogens is 190 g/mol. The number of likely N-dealkylation sites (N-methyl/N-ethyl adjacent to an activating group) is 1. The van der Waals surface area contributed by atoms with Gasteiger partial charge in [0.05, 0.1) is 12.8 Å². The first-order valence-corrected chi connectivity index (χ1v) is 5.64. The number of aryl methyl sites for hydroxylation is 1. The Bertz CT molecular complexity index is 273. The van der Waals surface area contributed by atoms with Gasteiger partial charge in [0.2, 0.25) is 0 Å². The van der Waals surface area contributed by atoms with E-state index in [2.05, 4.69) is 30.0 Å². The molecule has 0 spiro atoms. The summed E-state index contributed by atoms with van der Waals surface area (Å²) in [6, 6.07) is 0. The predicted octanol–water partition coefficient (Wildman–Crippen LogP) is 1.11. The van der Waals surface area contributed by atoms with Crippen molar-refractivity contribution in [3.05, 3.63) is 18.0 Å². The number of aromatic nitrogens is 2. The van der Waals surface area contributed by atoms with Crippen LogP contribution in [0.1, 0.15) is 25.8 Å². The van der Waals surface area contributed by atoms with Crippen molar-refractivity contribution in [3.8, 4) is 0 Å². The van der Waals surface area contributed by atoms with Crippen molar-refractivity contribution in [2.24, 2.45) is 0 Å². The van der Waals surface area contributed by atoms with Gasteiger partial charge in [-0.1, -0.05) is 13.8 Å². The Balaban J connectivity index is 2.47. The summed E-state index contributed by atoms with van der Waals surface area (Å²) >= 11 is 0. The molecular formula is C11H21N3O. The molecule has 1 heterocycles. The van der Waals surface area contributed by atoms with E-state index in [1.54, 1.807) is 0 Å². The number of hydrogen-bond acceptors (Lipinski definition) is 3. The highest BCUT2D eigenvalue weighted by Gasteiger charge is 2.04. The highest BCUT2D eigenvalue weighted by Crippen LogP contribution is 2.03. The molecule has 0 radical (unpaired) electrons. The normalized spacial score (nSPS) is 11.2. The van der Waals surface area contributed by atoms with E-state index >= 15 is 0 Å². The summed E-state index contributed by atoms with van der Waals surface area (Å²) in [5, 5.41) is 13.2. The van der Waals surface area contributed by atoms with Crippen LogP contribution in [0.5, 0.6) is 0 Å². The summed E-state index contributed by atoms with van der Waals surface area (Å²) < 4.78 is 1.97. The van der Waals surface area contributed by atoms with Crippen molar-refractivity contribution in [1.82, 2.24) is 14.7 Å². The van der Waals surface area contributed by atoms with E-state index < -0.39 is 0 Å². The highest BCUT2D eigenvalue weighted by atomic mass is 16.3. The molecule has 0 unspecified atom stereocenters. The van der Waals surface area contributed by atoms with Crippen LogP contribution in [0.25, 0.3) is 0 Å². The molecule has 1 rings (SSSR count). The topological polar surface area (TPSA) is 41.3 Å². The Kier molecular flexibility index (Phi) is 5.36. The van der Waals surface area contributed by atoms with Crippen LogP contribution in [0, 0.1) is 0 Å². The van der Waals surface area contributed by atoms with E-state index in [1.807, 2.05) is 10.9 Å². The Hall–Kier alpha value is -0.870.